The highest BCUT2D eigenvalue weighted by atomic mass is 16.6. The van der Waals surface area contributed by atoms with Gasteiger partial charge in [-0.15, -0.1) is 0 Å². The van der Waals surface area contributed by atoms with E-state index in [0.717, 1.165) is 11.1 Å². The third-order valence-corrected chi connectivity index (χ3v) is 3.07. The van der Waals surface area contributed by atoms with Crippen LogP contribution in [-0.2, 0) is 20.7 Å². The minimum Gasteiger partial charge on any atom is -0.463 e. The standard InChI is InChI=1S/C16H21NO3/c1-12(2)19-9-10-20-16(18)8-7-13-11-17-15-6-4-3-5-14(13)15/h3-6,11-12,17H,7-10H2,1-2H3. The summed E-state index contributed by atoms with van der Waals surface area (Å²) >= 11 is 0. The molecule has 0 bridgehead atoms. The molecule has 108 valence electrons. The largest absolute Gasteiger partial charge is 0.463 e. The van der Waals surface area contributed by atoms with E-state index in [1.54, 1.807) is 0 Å². The average molecular weight is 275 g/mol. The van der Waals surface area contributed by atoms with Crippen molar-refractivity contribution >= 4 is 16.9 Å². The topological polar surface area (TPSA) is 51.3 Å². The van der Waals surface area contributed by atoms with E-state index < -0.39 is 0 Å². The summed E-state index contributed by atoms with van der Waals surface area (Å²) < 4.78 is 10.4. The maximum Gasteiger partial charge on any atom is 0.306 e. The number of aromatic amines is 1. The smallest absolute Gasteiger partial charge is 0.306 e. The fraction of sp³-hybridized carbons (Fsp3) is 0.438. The fourth-order valence-corrected chi connectivity index (χ4v) is 2.09. The van der Waals surface area contributed by atoms with E-state index in [1.807, 2.05) is 38.2 Å². The summed E-state index contributed by atoms with van der Waals surface area (Å²) in [6.07, 6.45) is 3.21. The van der Waals surface area contributed by atoms with Gasteiger partial charge in [0.2, 0.25) is 0 Å². The zero-order valence-corrected chi connectivity index (χ0v) is 12.0. The lowest BCUT2D eigenvalue weighted by molar-refractivity contribution is -0.145. The predicted octanol–water partition coefficient (Wildman–Crippen LogP) is 3.07. The van der Waals surface area contributed by atoms with Crippen molar-refractivity contribution in [2.24, 2.45) is 0 Å². The minimum absolute atomic E-state index is 0.167. The molecule has 0 amide bonds. The van der Waals surface area contributed by atoms with E-state index >= 15 is 0 Å². The molecule has 0 aliphatic rings. The highest BCUT2D eigenvalue weighted by Gasteiger charge is 2.07. The quantitative estimate of drug-likeness (QED) is 0.624. The number of carbonyl (C=O) groups is 1. The zero-order chi connectivity index (χ0) is 14.4. The van der Waals surface area contributed by atoms with Gasteiger partial charge in [-0.25, -0.2) is 0 Å². The summed E-state index contributed by atoms with van der Waals surface area (Å²) in [4.78, 5) is 14.8. The van der Waals surface area contributed by atoms with Crippen LogP contribution in [0.15, 0.2) is 30.5 Å². The molecule has 4 nitrogen and oxygen atoms in total. The molecule has 0 aliphatic heterocycles. The Labute approximate surface area is 119 Å². The van der Waals surface area contributed by atoms with Crippen LogP contribution in [0.2, 0.25) is 0 Å². The van der Waals surface area contributed by atoms with E-state index in [-0.39, 0.29) is 12.1 Å². The number of rotatable bonds is 7. The van der Waals surface area contributed by atoms with Crippen LogP contribution in [0.4, 0.5) is 0 Å². The molecule has 1 aromatic heterocycles. The Balaban J connectivity index is 1.76. The lowest BCUT2D eigenvalue weighted by Crippen LogP contribution is -2.13. The molecule has 1 aromatic carbocycles. The third kappa shape index (κ3) is 4.10. The van der Waals surface area contributed by atoms with Crippen molar-refractivity contribution < 1.29 is 14.3 Å². The molecule has 0 saturated heterocycles. The molecule has 2 aromatic rings. The normalized spacial score (nSPS) is 11.2. The van der Waals surface area contributed by atoms with Crippen LogP contribution in [0.5, 0.6) is 0 Å². The Morgan fingerprint density at radius 2 is 2.05 bits per heavy atom. The van der Waals surface area contributed by atoms with Gasteiger partial charge in [0.15, 0.2) is 0 Å². The summed E-state index contributed by atoms with van der Waals surface area (Å²) in [5.41, 5.74) is 2.25. The fourth-order valence-electron chi connectivity index (χ4n) is 2.09. The SMILES string of the molecule is CC(C)OCCOC(=O)CCc1c[nH]c2ccccc12. The van der Waals surface area contributed by atoms with E-state index in [2.05, 4.69) is 11.1 Å². The van der Waals surface area contributed by atoms with Crippen LogP contribution < -0.4 is 0 Å². The molecule has 0 aliphatic carbocycles. The Kier molecular flexibility index (Phi) is 5.18. The van der Waals surface area contributed by atoms with Gasteiger partial charge in [0.1, 0.15) is 6.61 Å². The second-order valence-electron chi connectivity index (χ2n) is 5.00. The summed E-state index contributed by atoms with van der Waals surface area (Å²) in [6, 6.07) is 8.08. The molecule has 0 atom stereocenters. The number of esters is 1. The number of aromatic nitrogens is 1. The summed E-state index contributed by atoms with van der Waals surface area (Å²) in [6.45, 7) is 4.69. The zero-order valence-electron chi connectivity index (χ0n) is 12.0. The van der Waals surface area contributed by atoms with Gasteiger partial charge in [-0.1, -0.05) is 18.2 Å². The van der Waals surface area contributed by atoms with Gasteiger partial charge in [-0.05, 0) is 31.9 Å². The molecule has 0 fully saturated rings. The predicted molar refractivity (Wildman–Crippen MR) is 78.7 cm³/mol. The Hall–Kier alpha value is -1.81. The summed E-state index contributed by atoms with van der Waals surface area (Å²) in [5, 5.41) is 1.17. The molecular weight excluding hydrogens is 254 g/mol. The lowest BCUT2D eigenvalue weighted by atomic mass is 10.1. The number of para-hydroxylation sites is 1. The number of fused-ring (bicyclic) bond motifs is 1. The molecule has 0 spiro atoms. The summed E-state index contributed by atoms with van der Waals surface area (Å²) in [5.74, 6) is -0.178. The molecule has 4 heteroatoms. The van der Waals surface area contributed by atoms with Gasteiger partial charge in [-0.3, -0.25) is 4.79 Å². The maximum absolute atomic E-state index is 11.6. The van der Waals surface area contributed by atoms with Crippen molar-refractivity contribution in [2.45, 2.75) is 32.8 Å². The first-order valence-electron chi connectivity index (χ1n) is 6.99. The van der Waals surface area contributed by atoms with Gasteiger partial charge < -0.3 is 14.5 Å². The van der Waals surface area contributed by atoms with Crippen LogP contribution in [0.3, 0.4) is 0 Å². The van der Waals surface area contributed by atoms with E-state index in [0.29, 0.717) is 26.1 Å². The number of nitrogens with one attached hydrogen (secondary N) is 1. The van der Waals surface area contributed by atoms with E-state index in [9.17, 15) is 4.79 Å². The first-order valence-corrected chi connectivity index (χ1v) is 6.99. The van der Waals surface area contributed by atoms with Crippen molar-refractivity contribution in [1.29, 1.82) is 0 Å². The Morgan fingerprint density at radius 1 is 1.25 bits per heavy atom. The van der Waals surface area contributed by atoms with Crippen LogP contribution in [0.25, 0.3) is 10.9 Å². The van der Waals surface area contributed by atoms with Gasteiger partial charge in [-0.2, -0.15) is 0 Å². The number of carbonyl (C=O) groups excluding carboxylic acids is 1. The Morgan fingerprint density at radius 3 is 2.85 bits per heavy atom. The van der Waals surface area contributed by atoms with Crippen molar-refractivity contribution in [3.05, 3.63) is 36.0 Å². The Bertz CT molecular complexity index is 560. The molecule has 0 unspecified atom stereocenters. The lowest BCUT2D eigenvalue weighted by Gasteiger charge is -2.08. The number of hydrogen-bond acceptors (Lipinski definition) is 3. The number of ether oxygens (including phenoxy) is 2. The number of H-pyrrole nitrogens is 1. The third-order valence-electron chi connectivity index (χ3n) is 3.07. The maximum atomic E-state index is 11.6. The van der Waals surface area contributed by atoms with Gasteiger partial charge in [0, 0.05) is 23.5 Å². The molecular formula is C16H21NO3. The van der Waals surface area contributed by atoms with Gasteiger partial charge in [0.25, 0.3) is 0 Å². The first-order chi connectivity index (χ1) is 9.66. The molecule has 1 heterocycles. The van der Waals surface area contributed by atoms with Gasteiger partial charge in [0.05, 0.1) is 12.7 Å². The van der Waals surface area contributed by atoms with Crippen molar-refractivity contribution in [3.63, 3.8) is 0 Å². The highest BCUT2D eigenvalue weighted by Crippen LogP contribution is 2.18. The second-order valence-corrected chi connectivity index (χ2v) is 5.00. The number of benzene rings is 1. The van der Waals surface area contributed by atoms with Crippen LogP contribution in [0.1, 0.15) is 25.8 Å². The monoisotopic (exact) mass is 275 g/mol. The number of aryl methyl sites for hydroxylation is 1. The minimum atomic E-state index is -0.178. The second kappa shape index (κ2) is 7.10. The van der Waals surface area contributed by atoms with Gasteiger partial charge >= 0.3 is 5.97 Å². The van der Waals surface area contributed by atoms with Crippen molar-refractivity contribution in [1.82, 2.24) is 4.98 Å². The number of hydrogen-bond donors (Lipinski definition) is 1. The van der Waals surface area contributed by atoms with Crippen molar-refractivity contribution in [3.8, 4) is 0 Å². The van der Waals surface area contributed by atoms with E-state index in [1.165, 1.54) is 5.39 Å². The molecule has 1 N–H and O–H groups in total. The average Bonchev–Trinajstić information content (AvgIpc) is 2.84. The molecule has 20 heavy (non-hydrogen) atoms. The first kappa shape index (κ1) is 14.6. The molecule has 2 rings (SSSR count). The van der Waals surface area contributed by atoms with Crippen LogP contribution >= 0.6 is 0 Å². The van der Waals surface area contributed by atoms with Crippen LogP contribution in [0, 0.1) is 0 Å². The molecule has 0 saturated carbocycles. The summed E-state index contributed by atoms with van der Waals surface area (Å²) in [7, 11) is 0. The van der Waals surface area contributed by atoms with Crippen molar-refractivity contribution in [2.75, 3.05) is 13.2 Å². The molecule has 0 radical (unpaired) electrons. The highest BCUT2D eigenvalue weighted by molar-refractivity contribution is 5.83. The van der Waals surface area contributed by atoms with E-state index in [4.69, 9.17) is 9.47 Å². The van der Waals surface area contributed by atoms with Crippen LogP contribution in [-0.4, -0.2) is 30.3 Å².